The fraction of sp³-hybridized carbons (Fsp3) is 0.125. The Morgan fingerprint density at radius 3 is 2.71 bits per heavy atom. The van der Waals surface area contributed by atoms with Crippen molar-refractivity contribution >= 4 is 38.3 Å². The second-order valence-electron chi connectivity index (χ2n) is 4.71. The van der Waals surface area contributed by atoms with Crippen LogP contribution in [0, 0.1) is 6.92 Å². The minimum Gasteiger partial charge on any atom is -0.496 e. The molecule has 1 aromatic heterocycles. The Morgan fingerprint density at radius 1 is 1.14 bits per heavy atom. The molecule has 21 heavy (non-hydrogen) atoms. The number of halogens is 2. The highest BCUT2D eigenvalue weighted by molar-refractivity contribution is 9.10. The van der Waals surface area contributed by atoms with Gasteiger partial charge in [0.05, 0.1) is 7.11 Å². The van der Waals surface area contributed by atoms with E-state index < -0.39 is 0 Å². The van der Waals surface area contributed by atoms with Crippen molar-refractivity contribution in [3.05, 3.63) is 51.6 Å². The van der Waals surface area contributed by atoms with Crippen molar-refractivity contribution in [3.63, 3.8) is 0 Å². The van der Waals surface area contributed by atoms with Crippen LogP contribution in [0.25, 0.3) is 22.0 Å². The van der Waals surface area contributed by atoms with Crippen LogP contribution in [0.2, 0.25) is 5.15 Å². The molecule has 0 aliphatic rings. The molecule has 0 saturated carbocycles. The van der Waals surface area contributed by atoms with Gasteiger partial charge >= 0.3 is 0 Å². The normalized spacial score (nSPS) is 10.9. The molecule has 2 aromatic carbocycles. The number of benzene rings is 2. The Kier molecular flexibility index (Phi) is 3.83. The van der Waals surface area contributed by atoms with E-state index in [0.717, 1.165) is 37.8 Å². The summed E-state index contributed by atoms with van der Waals surface area (Å²) in [5, 5.41) is 10.5. The Balaban J connectivity index is 2.37. The lowest BCUT2D eigenvalue weighted by Gasteiger charge is -2.11. The summed E-state index contributed by atoms with van der Waals surface area (Å²) in [5.74, 6) is 0.771. The van der Waals surface area contributed by atoms with Gasteiger partial charge in [0.15, 0.2) is 5.15 Å². The minimum absolute atomic E-state index is 0.382. The third kappa shape index (κ3) is 2.49. The summed E-state index contributed by atoms with van der Waals surface area (Å²) in [5.41, 5.74) is 2.78. The number of nitrogens with zero attached hydrogens (tertiary/aromatic N) is 2. The van der Waals surface area contributed by atoms with Gasteiger partial charge in [0.1, 0.15) is 11.4 Å². The molecular weight excluding hydrogens is 352 g/mol. The third-order valence-corrected chi connectivity index (χ3v) is 4.25. The molecule has 0 atom stereocenters. The fourth-order valence-electron chi connectivity index (χ4n) is 2.32. The first-order valence-corrected chi connectivity index (χ1v) is 7.54. The maximum atomic E-state index is 6.19. The van der Waals surface area contributed by atoms with Crippen molar-refractivity contribution in [3.8, 4) is 17.0 Å². The number of methoxy groups -OCH3 is 1. The highest BCUT2D eigenvalue weighted by Gasteiger charge is 2.15. The molecule has 0 N–H and O–H groups in total. The first-order chi connectivity index (χ1) is 10.1. The average Bonchev–Trinajstić information content (AvgIpc) is 2.48. The second-order valence-corrected chi connectivity index (χ2v) is 5.92. The molecule has 0 saturated heterocycles. The van der Waals surface area contributed by atoms with Crippen molar-refractivity contribution in [1.29, 1.82) is 0 Å². The van der Waals surface area contributed by atoms with Gasteiger partial charge in [0.2, 0.25) is 0 Å². The predicted octanol–water partition coefficient (Wildman–Crippen LogP) is 5.03. The van der Waals surface area contributed by atoms with Crippen LogP contribution in [0.15, 0.2) is 40.9 Å². The predicted molar refractivity (Wildman–Crippen MR) is 89.0 cm³/mol. The van der Waals surface area contributed by atoms with Gasteiger partial charge in [-0.3, -0.25) is 0 Å². The van der Waals surface area contributed by atoms with E-state index in [1.165, 1.54) is 0 Å². The van der Waals surface area contributed by atoms with E-state index in [1.54, 1.807) is 7.11 Å². The van der Waals surface area contributed by atoms with E-state index in [9.17, 15) is 0 Å². The molecule has 3 rings (SSSR count). The van der Waals surface area contributed by atoms with Gasteiger partial charge < -0.3 is 4.74 Å². The van der Waals surface area contributed by atoms with Gasteiger partial charge in [0, 0.05) is 20.8 Å². The number of ether oxygens (including phenoxy) is 1. The van der Waals surface area contributed by atoms with Gasteiger partial charge in [-0.15, -0.1) is 10.2 Å². The zero-order chi connectivity index (χ0) is 15.0. The van der Waals surface area contributed by atoms with E-state index in [-0.39, 0.29) is 0 Å². The Morgan fingerprint density at radius 2 is 1.95 bits per heavy atom. The molecule has 0 spiro atoms. The molecule has 0 radical (unpaired) electrons. The van der Waals surface area contributed by atoms with Crippen LogP contribution >= 0.6 is 27.5 Å². The zero-order valence-corrected chi connectivity index (χ0v) is 13.9. The van der Waals surface area contributed by atoms with E-state index >= 15 is 0 Å². The molecule has 3 aromatic rings. The average molecular weight is 364 g/mol. The summed E-state index contributed by atoms with van der Waals surface area (Å²) in [6.07, 6.45) is 0. The fourth-order valence-corrected chi connectivity index (χ4v) is 3.23. The second kappa shape index (κ2) is 5.62. The van der Waals surface area contributed by atoms with E-state index in [1.807, 2.05) is 43.3 Å². The number of aromatic nitrogens is 2. The van der Waals surface area contributed by atoms with Gasteiger partial charge in [-0.2, -0.15) is 0 Å². The lowest BCUT2D eigenvalue weighted by Crippen LogP contribution is -1.95. The maximum absolute atomic E-state index is 6.19. The molecule has 106 valence electrons. The standard InChI is InChI=1S/C16H12BrClN2O/c1-9-6-7-10(13(8-9)21-2)15-11-4-3-5-12(17)14(11)16(18)20-19-15/h3-8H,1-2H3. The molecule has 0 bridgehead atoms. The van der Waals surface area contributed by atoms with E-state index in [0.29, 0.717) is 5.15 Å². The first-order valence-electron chi connectivity index (χ1n) is 6.37. The molecule has 0 amide bonds. The molecule has 1 heterocycles. The molecule has 3 nitrogen and oxygen atoms in total. The summed E-state index contributed by atoms with van der Waals surface area (Å²) < 4.78 is 6.37. The van der Waals surface area contributed by atoms with Crippen molar-refractivity contribution < 1.29 is 4.74 Å². The summed E-state index contributed by atoms with van der Waals surface area (Å²) in [6.45, 7) is 2.02. The number of rotatable bonds is 2. The zero-order valence-electron chi connectivity index (χ0n) is 11.5. The van der Waals surface area contributed by atoms with Crippen LogP contribution in [0.3, 0.4) is 0 Å². The smallest absolute Gasteiger partial charge is 0.160 e. The van der Waals surface area contributed by atoms with Crippen LogP contribution in [0.1, 0.15) is 5.56 Å². The molecular formula is C16H12BrClN2O. The van der Waals surface area contributed by atoms with Gasteiger partial charge in [-0.05, 0) is 30.7 Å². The SMILES string of the molecule is COc1cc(C)ccc1-c1nnc(Cl)c2c(Br)cccc12. The quantitative estimate of drug-likeness (QED) is 0.640. The van der Waals surface area contributed by atoms with Crippen molar-refractivity contribution in [1.82, 2.24) is 10.2 Å². The summed E-state index contributed by atoms with van der Waals surface area (Å²) in [4.78, 5) is 0. The third-order valence-electron chi connectivity index (χ3n) is 3.32. The lowest BCUT2D eigenvalue weighted by atomic mass is 10.0. The Bertz CT molecular complexity index is 828. The number of aryl methyl sites for hydroxylation is 1. The first kappa shape index (κ1) is 14.3. The minimum atomic E-state index is 0.382. The Labute approximate surface area is 136 Å². The number of hydrogen-bond donors (Lipinski definition) is 0. The number of hydrogen-bond acceptors (Lipinski definition) is 3. The molecule has 0 fully saturated rings. The van der Waals surface area contributed by atoms with Crippen molar-refractivity contribution in [2.24, 2.45) is 0 Å². The van der Waals surface area contributed by atoms with Crippen LogP contribution in [0.5, 0.6) is 5.75 Å². The molecule has 0 unspecified atom stereocenters. The van der Waals surface area contributed by atoms with E-state index in [4.69, 9.17) is 16.3 Å². The van der Waals surface area contributed by atoms with E-state index in [2.05, 4.69) is 26.1 Å². The molecule has 0 aliphatic heterocycles. The Hall–Kier alpha value is -1.65. The summed E-state index contributed by atoms with van der Waals surface area (Å²) >= 11 is 9.70. The molecule has 5 heteroatoms. The highest BCUT2D eigenvalue weighted by atomic mass is 79.9. The van der Waals surface area contributed by atoms with Crippen LogP contribution in [0.4, 0.5) is 0 Å². The van der Waals surface area contributed by atoms with Gasteiger partial charge in [0.25, 0.3) is 0 Å². The largest absolute Gasteiger partial charge is 0.496 e. The topological polar surface area (TPSA) is 35.0 Å². The highest BCUT2D eigenvalue weighted by Crippen LogP contribution is 2.37. The van der Waals surface area contributed by atoms with Crippen LogP contribution < -0.4 is 4.74 Å². The van der Waals surface area contributed by atoms with Gasteiger partial charge in [-0.25, -0.2) is 0 Å². The monoisotopic (exact) mass is 362 g/mol. The summed E-state index contributed by atoms with van der Waals surface area (Å²) in [7, 11) is 1.65. The van der Waals surface area contributed by atoms with Crippen LogP contribution in [-0.2, 0) is 0 Å². The van der Waals surface area contributed by atoms with Gasteiger partial charge in [-0.1, -0.05) is 45.7 Å². The van der Waals surface area contributed by atoms with Crippen molar-refractivity contribution in [2.75, 3.05) is 7.11 Å². The maximum Gasteiger partial charge on any atom is 0.160 e. The summed E-state index contributed by atoms with van der Waals surface area (Å²) in [6, 6.07) is 11.9. The lowest BCUT2D eigenvalue weighted by molar-refractivity contribution is 0.416. The molecule has 0 aliphatic carbocycles. The number of fused-ring (bicyclic) bond motifs is 1. The van der Waals surface area contributed by atoms with Crippen molar-refractivity contribution in [2.45, 2.75) is 6.92 Å². The van der Waals surface area contributed by atoms with Crippen LogP contribution in [-0.4, -0.2) is 17.3 Å².